The molecule has 1 saturated heterocycles. The van der Waals surface area contributed by atoms with Crippen LogP contribution in [0.4, 0.5) is 0 Å². The van der Waals surface area contributed by atoms with Crippen LogP contribution in [0.3, 0.4) is 0 Å². The van der Waals surface area contributed by atoms with Gasteiger partial charge < -0.3 is 10.0 Å². The summed E-state index contributed by atoms with van der Waals surface area (Å²) in [6.07, 6.45) is 0.790. The van der Waals surface area contributed by atoms with Crippen LogP contribution in [-0.4, -0.2) is 69.3 Å². The number of aryl methyl sites for hydroxylation is 2. The van der Waals surface area contributed by atoms with Crippen molar-refractivity contribution >= 4 is 11.9 Å². The van der Waals surface area contributed by atoms with E-state index in [1.54, 1.807) is 9.58 Å². The molecule has 0 radical (unpaired) electrons. The highest BCUT2D eigenvalue weighted by Crippen LogP contribution is 2.11. The zero-order valence-corrected chi connectivity index (χ0v) is 12.6. The molecule has 0 atom stereocenters. The smallest absolute Gasteiger partial charge is 0.317 e. The summed E-state index contributed by atoms with van der Waals surface area (Å²) in [7, 11) is 0. The summed E-state index contributed by atoms with van der Waals surface area (Å²) in [5, 5.41) is 13.2. The number of carboxylic acids is 1. The summed E-state index contributed by atoms with van der Waals surface area (Å²) in [4.78, 5) is 27.0. The van der Waals surface area contributed by atoms with Gasteiger partial charge in [0.15, 0.2) is 0 Å². The molecule has 1 aromatic rings. The van der Waals surface area contributed by atoms with Crippen molar-refractivity contribution in [3.63, 3.8) is 0 Å². The molecule has 1 aliphatic heterocycles. The van der Waals surface area contributed by atoms with E-state index in [9.17, 15) is 9.59 Å². The van der Waals surface area contributed by atoms with Gasteiger partial charge in [-0.1, -0.05) is 0 Å². The van der Waals surface area contributed by atoms with Gasteiger partial charge in [0.2, 0.25) is 0 Å². The van der Waals surface area contributed by atoms with Crippen molar-refractivity contribution < 1.29 is 14.7 Å². The number of hydrogen-bond acceptors (Lipinski definition) is 4. The van der Waals surface area contributed by atoms with Crippen LogP contribution in [0.2, 0.25) is 0 Å². The molecule has 116 valence electrons. The monoisotopic (exact) mass is 294 g/mol. The highest BCUT2D eigenvalue weighted by molar-refractivity contribution is 5.92. The third-order valence-corrected chi connectivity index (χ3v) is 3.66. The van der Waals surface area contributed by atoms with E-state index < -0.39 is 5.97 Å². The highest BCUT2D eigenvalue weighted by Gasteiger charge is 2.23. The second-order valence-electron chi connectivity index (χ2n) is 5.30. The van der Waals surface area contributed by atoms with Gasteiger partial charge in [-0.3, -0.25) is 19.2 Å². The number of amides is 1. The summed E-state index contributed by atoms with van der Waals surface area (Å²) in [6, 6.07) is 1.81. The molecule has 2 rings (SSSR count). The van der Waals surface area contributed by atoms with Crippen molar-refractivity contribution in [2.45, 2.75) is 26.8 Å². The summed E-state index contributed by atoms with van der Waals surface area (Å²) in [6.45, 7) is 7.05. The molecule has 1 fully saturated rings. The van der Waals surface area contributed by atoms with Crippen LogP contribution in [0.15, 0.2) is 6.07 Å². The summed E-state index contributed by atoms with van der Waals surface area (Å²) in [5.41, 5.74) is 1.45. The lowest BCUT2D eigenvalue weighted by Gasteiger charge is -2.21. The molecule has 7 heteroatoms. The van der Waals surface area contributed by atoms with Gasteiger partial charge in [0, 0.05) is 32.7 Å². The molecular formula is C14H22N4O3. The van der Waals surface area contributed by atoms with Crippen molar-refractivity contribution in [2.24, 2.45) is 0 Å². The van der Waals surface area contributed by atoms with Gasteiger partial charge >= 0.3 is 5.97 Å². The second-order valence-corrected chi connectivity index (χ2v) is 5.30. The molecule has 1 amide bonds. The van der Waals surface area contributed by atoms with Gasteiger partial charge in [0.1, 0.15) is 5.69 Å². The maximum atomic E-state index is 12.6. The van der Waals surface area contributed by atoms with Crippen molar-refractivity contribution in [1.29, 1.82) is 0 Å². The molecule has 0 unspecified atom stereocenters. The fourth-order valence-electron chi connectivity index (χ4n) is 2.64. The molecule has 0 spiro atoms. The lowest BCUT2D eigenvalue weighted by Crippen LogP contribution is -2.37. The first-order valence-electron chi connectivity index (χ1n) is 7.29. The Hall–Kier alpha value is -1.89. The second kappa shape index (κ2) is 6.71. The van der Waals surface area contributed by atoms with Crippen LogP contribution in [0.25, 0.3) is 0 Å². The Kier molecular flexibility index (Phi) is 4.95. The van der Waals surface area contributed by atoms with E-state index in [4.69, 9.17) is 5.11 Å². The van der Waals surface area contributed by atoms with Gasteiger partial charge in [0.05, 0.1) is 12.2 Å². The number of nitrogens with zero attached hydrogens (tertiary/aromatic N) is 4. The van der Waals surface area contributed by atoms with Crippen LogP contribution in [0.1, 0.15) is 29.5 Å². The number of carbonyl (C=O) groups excluding carboxylic acids is 1. The number of carbonyl (C=O) groups is 2. The number of aliphatic carboxylic acids is 1. The molecule has 0 aliphatic carbocycles. The Morgan fingerprint density at radius 1 is 1.29 bits per heavy atom. The number of aromatic nitrogens is 2. The van der Waals surface area contributed by atoms with Crippen LogP contribution in [0, 0.1) is 6.92 Å². The minimum atomic E-state index is -0.825. The summed E-state index contributed by atoms with van der Waals surface area (Å²) < 4.78 is 1.72. The fourth-order valence-corrected chi connectivity index (χ4v) is 2.64. The first-order chi connectivity index (χ1) is 10.0. The SMILES string of the molecule is CCn1nc(C)cc1C(=O)N1CCCN(CC(=O)O)CC1. The first-order valence-corrected chi connectivity index (χ1v) is 7.29. The average Bonchev–Trinajstić information content (AvgIpc) is 2.66. The molecule has 1 aliphatic rings. The zero-order valence-electron chi connectivity index (χ0n) is 12.6. The predicted molar refractivity (Wildman–Crippen MR) is 77.2 cm³/mol. The van der Waals surface area contributed by atoms with Crippen molar-refractivity contribution in [2.75, 3.05) is 32.7 Å². The maximum absolute atomic E-state index is 12.6. The predicted octanol–water partition coefficient (Wildman–Crippen LogP) is 0.444. The normalized spacial score (nSPS) is 16.8. The highest BCUT2D eigenvalue weighted by atomic mass is 16.4. The van der Waals surface area contributed by atoms with E-state index in [1.807, 2.05) is 24.8 Å². The minimum absolute atomic E-state index is 0.0189. The molecule has 0 saturated carbocycles. The van der Waals surface area contributed by atoms with Crippen LogP contribution >= 0.6 is 0 Å². The van der Waals surface area contributed by atoms with Crippen molar-refractivity contribution in [1.82, 2.24) is 19.6 Å². The Bertz CT molecular complexity index is 526. The molecule has 7 nitrogen and oxygen atoms in total. The number of rotatable bonds is 4. The summed E-state index contributed by atoms with van der Waals surface area (Å²) >= 11 is 0. The van der Waals surface area contributed by atoms with E-state index in [0.29, 0.717) is 38.4 Å². The largest absolute Gasteiger partial charge is 0.480 e. The van der Waals surface area contributed by atoms with Gasteiger partial charge in [-0.15, -0.1) is 0 Å². The van der Waals surface area contributed by atoms with E-state index in [0.717, 1.165) is 12.1 Å². The standard InChI is InChI=1S/C14H22N4O3/c1-3-18-12(9-11(2)15-18)14(21)17-6-4-5-16(7-8-17)10-13(19)20/h9H,3-8,10H2,1-2H3,(H,19,20). The fraction of sp³-hybridized carbons (Fsp3) is 0.643. The molecule has 0 bridgehead atoms. The van der Waals surface area contributed by atoms with Crippen molar-refractivity contribution in [3.8, 4) is 0 Å². The Morgan fingerprint density at radius 3 is 2.71 bits per heavy atom. The molecule has 1 aromatic heterocycles. The van der Waals surface area contributed by atoms with Gasteiger partial charge in [-0.05, 0) is 26.3 Å². The molecular weight excluding hydrogens is 272 g/mol. The Morgan fingerprint density at radius 2 is 2.05 bits per heavy atom. The zero-order chi connectivity index (χ0) is 15.4. The quantitative estimate of drug-likeness (QED) is 0.872. The van der Waals surface area contributed by atoms with Gasteiger partial charge in [-0.2, -0.15) is 5.10 Å². The topological polar surface area (TPSA) is 78.7 Å². The summed E-state index contributed by atoms with van der Waals surface area (Å²) in [5.74, 6) is -0.843. The first kappa shape index (κ1) is 15.5. The third kappa shape index (κ3) is 3.81. The van der Waals surface area contributed by atoms with E-state index >= 15 is 0 Å². The molecule has 1 N–H and O–H groups in total. The maximum Gasteiger partial charge on any atom is 0.317 e. The van der Waals surface area contributed by atoms with E-state index in [-0.39, 0.29) is 12.5 Å². The van der Waals surface area contributed by atoms with E-state index in [2.05, 4.69) is 5.10 Å². The van der Waals surface area contributed by atoms with E-state index in [1.165, 1.54) is 0 Å². The molecule has 21 heavy (non-hydrogen) atoms. The number of carboxylic acid groups (broad SMARTS) is 1. The Balaban J connectivity index is 2.04. The van der Waals surface area contributed by atoms with Crippen LogP contribution in [0.5, 0.6) is 0 Å². The lowest BCUT2D eigenvalue weighted by molar-refractivity contribution is -0.138. The molecule has 0 aromatic carbocycles. The van der Waals surface area contributed by atoms with Gasteiger partial charge in [-0.25, -0.2) is 0 Å². The Labute approximate surface area is 124 Å². The van der Waals surface area contributed by atoms with Gasteiger partial charge in [0.25, 0.3) is 5.91 Å². The van der Waals surface area contributed by atoms with Crippen LogP contribution in [-0.2, 0) is 11.3 Å². The third-order valence-electron chi connectivity index (χ3n) is 3.66. The average molecular weight is 294 g/mol. The number of hydrogen-bond donors (Lipinski definition) is 1. The van der Waals surface area contributed by atoms with Crippen LogP contribution < -0.4 is 0 Å². The van der Waals surface area contributed by atoms with Crippen molar-refractivity contribution in [3.05, 3.63) is 17.5 Å². The lowest BCUT2D eigenvalue weighted by atomic mass is 10.3. The minimum Gasteiger partial charge on any atom is -0.480 e. The molecule has 2 heterocycles.